The highest BCUT2D eigenvalue weighted by Crippen LogP contribution is 2.37. The van der Waals surface area contributed by atoms with E-state index in [4.69, 9.17) is 9.97 Å². The molecule has 0 saturated heterocycles. The van der Waals surface area contributed by atoms with Crippen molar-refractivity contribution in [3.63, 3.8) is 0 Å². The zero-order valence-corrected chi connectivity index (χ0v) is 20.4. The summed E-state index contributed by atoms with van der Waals surface area (Å²) in [5.41, 5.74) is 2.15. The fourth-order valence-electron chi connectivity index (χ4n) is 5.26. The first-order valence-corrected chi connectivity index (χ1v) is 13.3. The molecule has 1 N–H and O–H groups in total. The minimum atomic E-state index is -0.260. The number of hydrogen-bond acceptors (Lipinski definition) is 6. The number of phenols is 1. The molecule has 0 unspecified atom stereocenters. The van der Waals surface area contributed by atoms with E-state index in [-0.39, 0.29) is 29.1 Å². The van der Waals surface area contributed by atoms with Crippen molar-refractivity contribution in [2.24, 2.45) is 0 Å². The number of aromatic nitrogens is 5. The number of nitrogens with zero attached hydrogens (tertiary/aromatic N) is 5. The third kappa shape index (κ3) is 3.26. The lowest BCUT2D eigenvalue weighted by Crippen LogP contribution is -2.46. The average molecular weight is 500 g/mol. The molecule has 0 aliphatic heterocycles. The largest absolute Gasteiger partial charge is 0.508 e. The molecule has 0 atom stereocenters. The van der Waals surface area contributed by atoms with Crippen LogP contribution in [0.4, 0.5) is 0 Å². The molecule has 2 aliphatic rings. The van der Waals surface area contributed by atoms with Gasteiger partial charge in [-0.3, -0.25) is 13.9 Å². The number of benzene rings is 2. The zero-order valence-electron chi connectivity index (χ0n) is 19.6. The SMILES string of the molecule is O=c1c2c(nc(-c3nc4cc(O)ccc4s3)n2Cc2ccccc2)n(C2CCC2)c(=O)n1C1CCC1. The van der Waals surface area contributed by atoms with Crippen LogP contribution >= 0.6 is 11.3 Å². The van der Waals surface area contributed by atoms with Gasteiger partial charge in [0.1, 0.15) is 5.75 Å². The van der Waals surface area contributed by atoms with Gasteiger partial charge in [0.2, 0.25) is 0 Å². The molecule has 2 saturated carbocycles. The van der Waals surface area contributed by atoms with E-state index in [1.54, 1.807) is 16.7 Å². The fourth-order valence-corrected chi connectivity index (χ4v) is 6.21. The van der Waals surface area contributed by atoms with Crippen molar-refractivity contribution >= 4 is 32.7 Å². The maximum Gasteiger partial charge on any atom is 0.333 e. The van der Waals surface area contributed by atoms with Crippen molar-refractivity contribution in [1.29, 1.82) is 0 Å². The third-order valence-electron chi connectivity index (χ3n) is 7.64. The van der Waals surface area contributed by atoms with Crippen molar-refractivity contribution in [2.45, 2.75) is 57.2 Å². The van der Waals surface area contributed by atoms with Gasteiger partial charge in [0.15, 0.2) is 22.0 Å². The van der Waals surface area contributed by atoms with Gasteiger partial charge in [-0.05, 0) is 56.2 Å². The van der Waals surface area contributed by atoms with Crippen molar-refractivity contribution in [3.8, 4) is 16.6 Å². The molecule has 9 heteroatoms. The van der Waals surface area contributed by atoms with E-state index in [1.165, 1.54) is 15.9 Å². The average Bonchev–Trinajstić information content (AvgIpc) is 3.38. The predicted molar refractivity (Wildman–Crippen MR) is 140 cm³/mol. The van der Waals surface area contributed by atoms with Crippen LogP contribution in [0, 0.1) is 0 Å². The van der Waals surface area contributed by atoms with Crippen LogP contribution in [-0.4, -0.2) is 28.8 Å². The first kappa shape index (κ1) is 21.6. The second kappa shape index (κ2) is 8.16. The Morgan fingerprint density at radius 3 is 2.33 bits per heavy atom. The van der Waals surface area contributed by atoms with Gasteiger partial charge in [-0.2, -0.15) is 0 Å². The van der Waals surface area contributed by atoms with Gasteiger partial charge in [0.05, 0.1) is 10.2 Å². The van der Waals surface area contributed by atoms with E-state index in [9.17, 15) is 14.7 Å². The molecule has 0 bridgehead atoms. The van der Waals surface area contributed by atoms with Crippen LogP contribution in [0.1, 0.15) is 56.2 Å². The molecule has 0 spiro atoms. The predicted octanol–water partition coefficient (Wildman–Crippen LogP) is 4.84. The van der Waals surface area contributed by atoms with Crippen LogP contribution in [0.25, 0.3) is 32.2 Å². The molecule has 182 valence electrons. The lowest BCUT2D eigenvalue weighted by molar-refractivity contribution is 0.265. The Bertz CT molecular complexity index is 1740. The summed E-state index contributed by atoms with van der Waals surface area (Å²) in [6.07, 6.45) is 5.64. The van der Waals surface area contributed by atoms with Crippen LogP contribution in [-0.2, 0) is 6.54 Å². The number of aromatic hydroxyl groups is 1. The summed E-state index contributed by atoms with van der Waals surface area (Å²) in [5.74, 6) is 0.727. The van der Waals surface area contributed by atoms with Gasteiger partial charge in [-0.25, -0.2) is 14.8 Å². The monoisotopic (exact) mass is 499 g/mol. The molecule has 2 aromatic carbocycles. The van der Waals surface area contributed by atoms with Crippen molar-refractivity contribution < 1.29 is 5.11 Å². The van der Waals surface area contributed by atoms with Gasteiger partial charge < -0.3 is 9.67 Å². The molecular weight excluding hydrogens is 474 g/mol. The maximum absolute atomic E-state index is 14.0. The Labute approximate surface area is 210 Å². The number of rotatable bonds is 5. The summed E-state index contributed by atoms with van der Waals surface area (Å²) < 4.78 is 6.13. The minimum absolute atomic E-state index is 0.0466. The Morgan fingerprint density at radius 1 is 0.917 bits per heavy atom. The standard InChI is InChI=1S/C27H25N5O3S/c33-19-12-13-21-20(14-19)28-25(36-21)24-29-23-22(30(24)15-16-6-2-1-3-7-16)26(34)32(18-10-5-11-18)27(35)31(23)17-8-4-9-17/h1-3,6-7,12-14,17-18,33H,4-5,8-11,15H2. The smallest absolute Gasteiger partial charge is 0.333 e. The quantitative estimate of drug-likeness (QED) is 0.373. The van der Waals surface area contributed by atoms with E-state index >= 15 is 0 Å². The number of thiazole rings is 1. The lowest BCUT2D eigenvalue weighted by Gasteiger charge is -2.31. The first-order chi connectivity index (χ1) is 17.6. The minimum Gasteiger partial charge on any atom is -0.508 e. The Morgan fingerprint density at radius 2 is 1.64 bits per heavy atom. The van der Waals surface area contributed by atoms with Crippen LogP contribution < -0.4 is 11.2 Å². The number of hydrogen-bond donors (Lipinski definition) is 1. The normalized spacial score (nSPS) is 16.4. The Balaban J connectivity index is 1.55. The summed E-state index contributed by atoms with van der Waals surface area (Å²) in [7, 11) is 0. The lowest BCUT2D eigenvalue weighted by atomic mass is 9.92. The second-order valence-corrected chi connectivity index (χ2v) is 10.9. The highest BCUT2D eigenvalue weighted by atomic mass is 32.1. The van der Waals surface area contributed by atoms with E-state index in [2.05, 4.69) is 0 Å². The Hall–Kier alpha value is -3.72. The summed E-state index contributed by atoms with van der Waals surface area (Å²) in [4.78, 5) is 37.4. The van der Waals surface area contributed by atoms with Crippen LogP contribution in [0.5, 0.6) is 5.75 Å². The molecule has 5 aromatic rings. The van der Waals surface area contributed by atoms with E-state index < -0.39 is 0 Å². The van der Waals surface area contributed by atoms with Crippen molar-refractivity contribution in [1.82, 2.24) is 23.7 Å². The molecule has 8 nitrogen and oxygen atoms in total. The number of imidazole rings is 1. The van der Waals surface area contributed by atoms with Crippen molar-refractivity contribution in [3.05, 3.63) is 74.9 Å². The molecule has 2 fully saturated rings. The van der Waals surface area contributed by atoms with Crippen LogP contribution in [0.3, 0.4) is 0 Å². The second-order valence-electron chi connectivity index (χ2n) is 9.85. The molecule has 0 amide bonds. The number of phenolic OH excluding ortho intramolecular Hbond substituents is 1. The summed E-state index contributed by atoms with van der Waals surface area (Å²) in [6.45, 7) is 0.441. The van der Waals surface area contributed by atoms with Crippen LogP contribution in [0.2, 0.25) is 0 Å². The highest BCUT2D eigenvalue weighted by molar-refractivity contribution is 7.21. The zero-order chi connectivity index (χ0) is 24.4. The molecule has 3 aromatic heterocycles. The van der Waals surface area contributed by atoms with Crippen molar-refractivity contribution in [2.75, 3.05) is 0 Å². The van der Waals surface area contributed by atoms with Gasteiger partial charge in [0.25, 0.3) is 5.56 Å². The van der Waals surface area contributed by atoms with Gasteiger partial charge >= 0.3 is 5.69 Å². The molecular formula is C27H25N5O3S. The maximum atomic E-state index is 14.0. The van der Waals surface area contributed by atoms with Crippen LogP contribution in [0.15, 0.2) is 58.1 Å². The summed E-state index contributed by atoms with van der Waals surface area (Å²) >= 11 is 1.47. The summed E-state index contributed by atoms with van der Waals surface area (Å²) in [5, 5.41) is 10.6. The topological polar surface area (TPSA) is 94.9 Å². The molecule has 36 heavy (non-hydrogen) atoms. The molecule has 2 aliphatic carbocycles. The molecule has 3 heterocycles. The van der Waals surface area contributed by atoms with E-state index in [1.807, 2.05) is 41.0 Å². The van der Waals surface area contributed by atoms with Gasteiger partial charge in [-0.1, -0.05) is 30.3 Å². The Kier molecular flexibility index (Phi) is 4.89. The molecule has 7 rings (SSSR count). The highest BCUT2D eigenvalue weighted by Gasteiger charge is 2.33. The van der Waals surface area contributed by atoms with E-state index in [0.29, 0.717) is 34.1 Å². The third-order valence-corrected chi connectivity index (χ3v) is 8.67. The first-order valence-electron chi connectivity index (χ1n) is 12.5. The number of fused-ring (bicyclic) bond motifs is 2. The fraction of sp³-hybridized carbons (Fsp3) is 0.333. The van der Waals surface area contributed by atoms with Gasteiger partial charge in [0, 0.05) is 24.7 Å². The molecule has 0 radical (unpaired) electrons. The van der Waals surface area contributed by atoms with E-state index in [0.717, 1.165) is 48.8 Å². The summed E-state index contributed by atoms with van der Waals surface area (Å²) in [6, 6.07) is 15.1. The van der Waals surface area contributed by atoms with Gasteiger partial charge in [-0.15, -0.1) is 11.3 Å².